The van der Waals surface area contributed by atoms with Gasteiger partial charge in [-0.3, -0.25) is 0 Å². The first-order valence-electron chi connectivity index (χ1n) is 5.44. The van der Waals surface area contributed by atoms with E-state index in [4.69, 9.17) is 4.74 Å². The lowest BCUT2D eigenvalue weighted by atomic mass is 10.0. The Morgan fingerprint density at radius 3 is 2.50 bits per heavy atom. The maximum atomic E-state index is 5.36. The van der Waals surface area contributed by atoms with Crippen LogP contribution in [-0.2, 0) is 4.74 Å². The smallest absolute Gasteiger partial charge is 0.0468 e. The molecule has 0 aromatic heterocycles. The zero-order chi connectivity index (χ0) is 8.81. The molecule has 1 nitrogen and oxygen atoms in total. The van der Waals surface area contributed by atoms with Crippen LogP contribution in [0.25, 0.3) is 0 Å². The molecule has 0 spiro atoms. The van der Waals surface area contributed by atoms with E-state index < -0.39 is 0 Å². The van der Waals surface area contributed by atoms with Crippen molar-refractivity contribution >= 4 is 0 Å². The molecule has 12 heavy (non-hydrogen) atoms. The maximum Gasteiger partial charge on any atom is 0.0468 e. The Bertz CT molecular complexity index is 112. The van der Waals surface area contributed by atoms with E-state index in [0.29, 0.717) is 0 Å². The van der Waals surface area contributed by atoms with E-state index in [1.165, 1.54) is 32.1 Å². The van der Waals surface area contributed by atoms with Crippen molar-refractivity contribution in [3.05, 3.63) is 0 Å². The lowest BCUT2D eigenvalue weighted by molar-refractivity contribution is 0.132. The van der Waals surface area contributed by atoms with E-state index in [2.05, 4.69) is 13.8 Å². The fraction of sp³-hybridized carbons (Fsp3) is 1.00. The van der Waals surface area contributed by atoms with Crippen LogP contribution < -0.4 is 0 Å². The van der Waals surface area contributed by atoms with Crippen LogP contribution >= 0.6 is 0 Å². The number of hydrogen-bond donors (Lipinski definition) is 0. The summed E-state index contributed by atoms with van der Waals surface area (Å²) in [4.78, 5) is 0. The Labute approximate surface area is 76.5 Å². The molecule has 0 saturated heterocycles. The average molecular weight is 170 g/mol. The number of hydrogen-bond acceptors (Lipinski definition) is 1. The summed E-state index contributed by atoms with van der Waals surface area (Å²) in [6.45, 7) is 6.25. The number of ether oxygens (including phenoxy) is 1. The van der Waals surface area contributed by atoms with Gasteiger partial charge in [-0.25, -0.2) is 0 Å². The Kier molecular flexibility index (Phi) is 4.67. The van der Waals surface area contributed by atoms with Crippen LogP contribution in [0.15, 0.2) is 0 Å². The molecule has 2 unspecified atom stereocenters. The molecule has 0 heterocycles. The standard InChI is InChI=1S/C11H22O/c1-3-10-5-6-11(9-10)7-8-12-4-2/h10-11H,3-9H2,1-2H3. The topological polar surface area (TPSA) is 9.23 Å². The van der Waals surface area contributed by atoms with E-state index in [1.54, 1.807) is 0 Å². The summed E-state index contributed by atoms with van der Waals surface area (Å²) < 4.78 is 5.36. The largest absolute Gasteiger partial charge is 0.382 e. The van der Waals surface area contributed by atoms with Crippen LogP contribution in [0, 0.1) is 11.8 Å². The normalized spacial score (nSPS) is 29.5. The summed E-state index contributed by atoms with van der Waals surface area (Å²) in [5.41, 5.74) is 0. The molecule has 0 aromatic carbocycles. The van der Waals surface area contributed by atoms with Crippen LogP contribution in [0.5, 0.6) is 0 Å². The molecule has 1 aliphatic carbocycles. The first kappa shape index (κ1) is 10.0. The Morgan fingerprint density at radius 2 is 1.92 bits per heavy atom. The Balaban J connectivity index is 2.03. The molecule has 0 bridgehead atoms. The number of rotatable bonds is 5. The van der Waals surface area contributed by atoms with Crippen LogP contribution in [-0.4, -0.2) is 13.2 Å². The predicted molar refractivity (Wildman–Crippen MR) is 52.2 cm³/mol. The molecular weight excluding hydrogens is 148 g/mol. The van der Waals surface area contributed by atoms with Crippen molar-refractivity contribution in [1.29, 1.82) is 0 Å². The van der Waals surface area contributed by atoms with E-state index in [0.717, 1.165) is 25.0 Å². The highest BCUT2D eigenvalue weighted by atomic mass is 16.5. The molecule has 0 radical (unpaired) electrons. The average Bonchev–Trinajstić information content (AvgIpc) is 2.53. The fourth-order valence-electron chi connectivity index (χ4n) is 2.21. The minimum absolute atomic E-state index is 0.879. The van der Waals surface area contributed by atoms with Crippen LogP contribution in [0.1, 0.15) is 46.0 Å². The summed E-state index contributed by atoms with van der Waals surface area (Å²) >= 11 is 0. The van der Waals surface area contributed by atoms with Gasteiger partial charge in [0.2, 0.25) is 0 Å². The van der Waals surface area contributed by atoms with Gasteiger partial charge in [0.1, 0.15) is 0 Å². The second kappa shape index (κ2) is 5.58. The van der Waals surface area contributed by atoms with Gasteiger partial charge >= 0.3 is 0 Å². The monoisotopic (exact) mass is 170 g/mol. The lowest BCUT2D eigenvalue weighted by Crippen LogP contribution is -2.02. The fourth-order valence-corrected chi connectivity index (χ4v) is 2.21. The van der Waals surface area contributed by atoms with Crippen molar-refractivity contribution in [2.24, 2.45) is 11.8 Å². The first-order chi connectivity index (χ1) is 5.86. The minimum atomic E-state index is 0.879. The summed E-state index contributed by atoms with van der Waals surface area (Å²) in [5.74, 6) is 2.00. The summed E-state index contributed by atoms with van der Waals surface area (Å²) in [7, 11) is 0. The Morgan fingerprint density at radius 1 is 1.17 bits per heavy atom. The molecule has 1 saturated carbocycles. The molecule has 0 aromatic rings. The SMILES string of the molecule is CCOCCC1CCC(CC)C1. The zero-order valence-electron chi connectivity index (χ0n) is 8.51. The van der Waals surface area contributed by atoms with Crippen LogP contribution in [0.4, 0.5) is 0 Å². The highest BCUT2D eigenvalue weighted by Crippen LogP contribution is 2.34. The molecule has 0 aliphatic heterocycles. The van der Waals surface area contributed by atoms with Gasteiger partial charge in [-0.2, -0.15) is 0 Å². The predicted octanol–water partition coefficient (Wildman–Crippen LogP) is 3.24. The van der Waals surface area contributed by atoms with E-state index in [9.17, 15) is 0 Å². The van der Waals surface area contributed by atoms with Crippen molar-refractivity contribution in [1.82, 2.24) is 0 Å². The van der Waals surface area contributed by atoms with Crippen molar-refractivity contribution in [3.8, 4) is 0 Å². The van der Waals surface area contributed by atoms with E-state index in [-0.39, 0.29) is 0 Å². The van der Waals surface area contributed by atoms with Crippen molar-refractivity contribution in [2.45, 2.75) is 46.0 Å². The zero-order valence-corrected chi connectivity index (χ0v) is 8.51. The molecular formula is C11H22O. The molecule has 1 fully saturated rings. The third kappa shape index (κ3) is 3.14. The molecule has 1 rings (SSSR count). The summed E-state index contributed by atoms with van der Waals surface area (Å²) in [6.07, 6.45) is 7.05. The van der Waals surface area contributed by atoms with E-state index >= 15 is 0 Å². The van der Waals surface area contributed by atoms with Gasteiger partial charge in [0.15, 0.2) is 0 Å². The van der Waals surface area contributed by atoms with Gasteiger partial charge in [0.25, 0.3) is 0 Å². The highest BCUT2D eigenvalue weighted by Gasteiger charge is 2.22. The minimum Gasteiger partial charge on any atom is -0.382 e. The third-order valence-electron chi connectivity index (χ3n) is 3.10. The van der Waals surface area contributed by atoms with Crippen LogP contribution in [0.3, 0.4) is 0 Å². The molecule has 72 valence electrons. The lowest BCUT2D eigenvalue weighted by Gasteiger charge is -2.09. The highest BCUT2D eigenvalue weighted by molar-refractivity contribution is 4.74. The summed E-state index contributed by atoms with van der Waals surface area (Å²) in [5, 5.41) is 0. The van der Waals surface area contributed by atoms with Gasteiger partial charge in [-0.05, 0) is 31.6 Å². The third-order valence-corrected chi connectivity index (χ3v) is 3.10. The maximum absolute atomic E-state index is 5.36. The van der Waals surface area contributed by atoms with Crippen molar-refractivity contribution in [3.63, 3.8) is 0 Å². The van der Waals surface area contributed by atoms with E-state index in [1.807, 2.05) is 0 Å². The quantitative estimate of drug-likeness (QED) is 0.575. The molecule has 1 heteroatoms. The van der Waals surface area contributed by atoms with Gasteiger partial charge in [0.05, 0.1) is 0 Å². The van der Waals surface area contributed by atoms with Gasteiger partial charge in [0, 0.05) is 13.2 Å². The first-order valence-corrected chi connectivity index (χ1v) is 5.44. The van der Waals surface area contributed by atoms with Gasteiger partial charge in [-0.1, -0.05) is 26.2 Å². The molecule has 1 aliphatic rings. The van der Waals surface area contributed by atoms with Crippen LogP contribution in [0.2, 0.25) is 0 Å². The summed E-state index contributed by atoms with van der Waals surface area (Å²) in [6, 6.07) is 0. The van der Waals surface area contributed by atoms with Crippen molar-refractivity contribution < 1.29 is 4.74 Å². The second-order valence-corrected chi connectivity index (χ2v) is 3.94. The Hall–Kier alpha value is -0.0400. The second-order valence-electron chi connectivity index (χ2n) is 3.94. The van der Waals surface area contributed by atoms with Gasteiger partial charge < -0.3 is 4.74 Å². The van der Waals surface area contributed by atoms with Crippen molar-refractivity contribution in [2.75, 3.05) is 13.2 Å². The molecule has 0 amide bonds. The molecule has 2 atom stereocenters. The van der Waals surface area contributed by atoms with Gasteiger partial charge in [-0.15, -0.1) is 0 Å². The molecule has 0 N–H and O–H groups in total.